The molecule has 2 amide bonds. The van der Waals surface area contributed by atoms with Crippen molar-refractivity contribution in [2.45, 2.75) is 13.0 Å². The number of ether oxygens (including phenoxy) is 1. The molecule has 1 aliphatic heterocycles. The van der Waals surface area contributed by atoms with Gasteiger partial charge in [0.1, 0.15) is 11.9 Å². The lowest BCUT2D eigenvalue weighted by molar-refractivity contribution is -0.119. The van der Waals surface area contributed by atoms with E-state index in [0.29, 0.717) is 11.3 Å². The average Bonchev–Trinajstić information content (AvgIpc) is 3.01. The van der Waals surface area contributed by atoms with E-state index in [9.17, 15) is 18.8 Å². The minimum absolute atomic E-state index is 0.112. The molecule has 0 spiro atoms. The Morgan fingerprint density at radius 2 is 1.96 bits per heavy atom. The van der Waals surface area contributed by atoms with Crippen LogP contribution in [0.3, 0.4) is 0 Å². The second kappa shape index (κ2) is 7.45. The Labute approximate surface area is 154 Å². The van der Waals surface area contributed by atoms with E-state index in [-0.39, 0.29) is 30.1 Å². The van der Waals surface area contributed by atoms with E-state index in [4.69, 9.17) is 9.84 Å². The maximum Gasteiger partial charge on any atom is 0.414 e. The highest BCUT2D eigenvalue weighted by molar-refractivity contribution is 5.90. The highest BCUT2D eigenvalue weighted by atomic mass is 19.1. The molecule has 0 aromatic heterocycles. The number of halogens is 1. The van der Waals surface area contributed by atoms with Gasteiger partial charge in [0.2, 0.25) is 5.91 Å². The number of rotatable bonds is 5. The maximum absolute atomic E-state index is 14.6. The fourth-order valence-corrected chi connectivity index (χ4v) is 2.79. The van der Waals surface area contributed by atoms with Gasteiger partial charge in [-0.25, -0.2) is 14.0 Å². The molecule has 0 bridgehead atoms. The Hall–Kier alpha value is -3.42. The minimum Gasteiger partial charge on any atom is -0.478 e. The van der Waals surface area contributed by atoms with Crippen LogP contribution in [0, 0.1) is 5.82 Å². The molecule has 1 aliphatic rings. The molecule has 1 fully saturated rings. The van der Waals surface area contributed by atoms with Gasteiger partial charge < -0.3 is 15.2 Å². The smallest absolute Gasteiger partial charge is 0.414 e. The zero-order chi connectivity index (χ0) is 19.6. The standard InChI is InChI=1S/C19H17FN2O5/c1-11(23)21-9-15-10-22(19(26)27-15)14-6-7-16(17(20)8-14)12-2-4-13(5-3-12)18(24)25/h2-8,15H,9-10H2,1H3,(H,21,23)(H,24,25)/t15-/m0/s1. The van der Waals surface area contributed by atoms with Gasteiger partial charge in [0.25, 0.3) is 0 Å². The monoisotopic (exact) mass is 372 g/mol. The third-order valence-electron chi connectivity index (χ3n) is 4.16. The van der Waals surface area contributed by atoms with Crippen molar-refractivity contribution in [1.29, 1.82) is 0 Å². The van der Waals surface area contributed by atoms with Gasteiger partial charge >= 0.3 is 12.1 Å². The van der Waals surface area contributed by atoms with Crippen molar-refractivity contribution < 1.29 is 28.6 Å². The predicted molar refractivity (Wildman–Crippen MR) is 95.1 cm³/mol. The topological polar surface area (TPSA) is 95.9 Å². The quantitative estimate of drug-likeness (QED) is 0.841. The Morgan fingerprint density at radius 3 is 2.56 bits per heavy atom. The van der Waals surface area contributed by atoms with Gasteiger partial charge in [0.05, 0.1) is 24.3 Å². The average molecular weight is 372 g/mol. The Morgan fingerprint density at radius 1 is 1.26 bits per heavy atom. The molecule has 7 nitrogen and oxygen atoms in total. The molecule has 3 rings (SSSR count). The number of anilines is 1. The predicted octanol–water partition coefficient (Wildman–Crippen LogP) is 2.65. The third kappa shape index (κ3) is 4.05. The molecule has 0 radical (unpaired) electrons. The van der Waals surface area contributed by atoms with Crippen LogP contribution < -0.4 is 10.2 Å². The zero-order valence-corrected chi connectivity index (χ0v) is 14.4. The maximum atomic E-state index is 14.6. The molecule has 0 saturated carbocycles. The molecule has 0 aliphatic carbocycles. The second-order valence-corrected chi connectivity index (χ2v) is 6.10. The molecular formula is C19H17FN2O5. The highest BCUT2D eigenvalue weighted by Gasteiger charge is 2.32. The molecule has 1 atom stereocenters. The largest absolute Gasteiger partial charge is 0.478 e. The number of carbonyl (C=O) groups excluding carboxylic acids is 2. The van der Waals surface area contributed by atoms with Crippen LogP contribution in [-0.4, -0.2) is 42.3 Å². The number of carboxylic acid groups (broad SMARTS) is 1. The Bertz CT molecular complexity index is 897. The lowest BCUT2D eigenvalue weighted by Crippen LogP contribution is -2.33. The number of aromatic carboxylic acids is 1. The van der Waals surface area contributed by atoms with Gasteiger partial charge in [-0.15, -0.1) is 0 Å². The summed E-state index contributed by atoms with van der Waals surface area (Å²) in [6, 6.07) is 10.2. The molecule has 27 heavy (non-hydrogen) atoms. The number of nitrogens with zero attached hydrogens (tertiary/aromatic N) is 1. The van der Waals surface area contributed by atoms with Crippen LogP contribution in [0.5, 0.6) is 0 Å². The van der Waals surface area contributed by atoms with Crippen LogP contribution in [0.15, 0.2) is 42.5 Å². The lowest BCUT2D eigenvalue weighted by Gasteiger charge is -2.14. The zero-order valence-electron chi connectivity index (χ0n) is 14.4. The van der Waals surface area contributed by atoms with Gasteiger partial charge in [-0.2, -0.15) is 0 Å². The van der Waals surface area contributed by atoms with E-state index in [1.807, 2.05) is 0 Å². The summed E-state index contributed by atoms with van der Waals surface area (Å²) in [5, 5.41) is 11.5. The minimum atomic E-state index is -1.06. The number of carboxylic acids is 1. The van der Waals surface area contributed by atoms with Gasteiger partial charge in [-0.1, -0.05) is 12.1 Å². The van der Waals surface area contributed by atoms with E-state index < -0.39 is 24.0 Å². The van der Waals surface area contributed by atoms with Crippen molar-refractivity contribution in [3.05, 3.63) is 53.8 Å². The molecule has 2 aromatic rings. The van der Waals surface area contributed by atoms with E-state index in [0.717, 1.165) is 0 Å². The molecular weight excluding hydrogens is 355 g/mol. The number of benzene rings is 2. The number of hydrogen-bond acceptors (Lipinski definition) is 4. The molecule has 0 unspecified atom stereocenters. The summed E-state index contributed by atoms with van der Waals surface area (Å²) in [6.45, 7) is 1.75. The van der Waals surface area contributed by atoms with Crippen LogP contribution in [0.4, 0.5) is 14.9 Å². The van der Waals surface area contributed by atoms with Crippen molar-refractivity contribution in [3.63, 3.8) is 0 Å². The number of nitrogens with one attached hydrogen (secondary N) is 1. The summed E-state index contributed by atoms with van der Waals surface area (Å²) < 4.78 is 19.7. The summed E-state index contributed by atoms with van der Waals surface area (Å²) >= 11 is 0. The fourth-order valence-electron chi connectivity index (χ4n) is 2.79. The van der Waals surface area contributed by atoms with Crippen molar-refractivity contribution in [3.8, 4) is 11.1 Å². The molecule has 2 aromatic carbocycles. The van der Waals surface area contributed by atoms with Crippen molar-refractivity contribution in [2.24, 2.45) is 0 Å². The first kappa shape index (κ1) is 18.4. The Kier molecular flexibility index (Phi) is 5.07. The van der Waals surface area contributed by atoms with E-state index in [2.05, 4.69) is 5.32 Å². The van der Waals surface area contributed by atoms with E-state index in [1.54, 1.807) is 6.07 Å². The number of hydrogen-bond donors (Lipinski definition) is 2. The summed E-state index contributed by atoms with van der Waals surface area (Å²) in [7, 11) is 0. The molecule has 1 heterocycles. The molecule has 140 valence electrons. The second-order valence-electron chi connectivity index (χ2n) is 6.10. The van der Waals surface area contributed by atoms with E-state index >= 15 is 0 Å². The number of cyclic esters (lactones) is 1. The first-order valence-electron chi connectivity index (χ1n) is 8.21. The first-order valence-corrected chi connectivity index (χ1v) is 8.21. The number of amides is 2. The third-order valence-corrected chi connectivity index (χ3v) is 4.16. The lowest BCUT2D eigenvalue weighted by atomic mass is 10.0. The van der Waals surface area contributed by atoms with Gasteiger partial charge in [-0.05, 0) is 35.9 Å². The summed E-state index contributed by atoms with van der Waals surface area (Å²) in [5.74, 6) is -1.83. The van der Waals surface area contributed by atoms with E-state index in [1.165, 1.54) is 48.2 Å². The first-order chi connectivity index (χ1) is 12.8. The summed E-state index contributed by atoms with van der Waals surface area (Å²) in [4.78, 5) is 35.2. The summed E-state index contributed by atoms with van der Waals surface area (Å²) in [6.07, 6.45) is -1.11. The van der Waals surface area contributed by atoms with Crippen LogP contribution in [0.25, 0.3) is 11.1 Å². The van der Waals surface area contributed by atoms with Gasteiger partial charge in [0, 0.05) is 12.5 Å². The van der Waals surface area contributed by atoms with Crippen LogP contribution in [-0.2, 0) is 9.53 Å². The fraction of sp³-hybridized carbons (Fsp3) is 0.211. The van der Waals surface area contributed by atoms with Gasteiger partial charge in [0.15, 0.2) is 0 Å². The van der Waals surface area contributed by atoms with Crippen LogP contribution >= 0.6 is 0 Å². The normalized spacial score (nSPS) is 16.1. The van der Waals surface area contributed by atoms with Gasteiger partial charge in [-0.3, -0.25) is 9.69 Å². The van der Waals surface area contributed by atoms with Crippen LogP contribution in [0.1, 0.15) is 17.3 Å². The molecule has 8 heteroatoms. The van der Waals surface area contributed by atoms with Crippen molar-refractivity contribution in [1.82, 2.24) is 5.32 Å². The highest BCUT2D eigenvalue weighted by Crippen LogP contribution is 2.29. The number of carbonyl (C=O) groups is 3. The molecule has 2 N–H and O–H groups in total. The molecule has 1 saturated heterocycles. The SMILES string of the molecule is CC(=O)NC[C@H]1CN(c2ccc(-c3ccc(C(=O)O)cc3)c(F)c2)C(=O)O1. The van der Waals surface area contributed by atoms with Crippen molar-refractivity contribution in [2.75, 3.05) is 18.0 Å². The Balaban J connectivity index is 1.77. The van der Waals surface area contributed by atoms with Crippen LogP contribution in [0.2, 0.25) is 0 Å². The van der Waals surface area contributed by atoms with Crippen molar-refractivity contribution >= 4 is 23.7 Å². The summed E-state index contributed by atoms with van der Waals surface area (Å²) in [5.41, 5.74) is 1.27.